The molecule has 0 aromatic rings. The highest BCUT2D eigenvalue weighted by Crippen LogP contribution is 2.54. The minimum atomic E-state index is -0.589. The maximum absolute atomic E-state index is 5.87. The molecule has 0 aromatic carbocycles. The van der Waals surface area contributed by atoms with Crippen molar-refractivity contribution < 1.29 is 9.05 Å². The van der Waals surface area contributed by atoms with Crippen molar-refractivity contribution in [3.63, 3.8) is 0 Å². The molecule has 7 heteroatoms. The molecule has 7 atom stereocenters. The van der Waals surface area contributed by atoms with Crippen LogP contribution in [0.2, 0.25) is 0 Å². The highest BCUT2D eigenvalue weighted by molar-refractivity contribution is 8.41. The second kappa shape index (κ2) is 22.3. The topological polar surface area (TPSA) is 18.5 Å². The summed E-state index contributed by atoms with van der Waals surface area (Å²) in [7, 11) is 7.82. The Morgan fingerprint density at radius 2 is 1.80 bits per heavy atom. The predicted octanol–water partition coefficient (Wildman–Crippen LogP) is 7.98. The van der Waals surface area contributed by atoms with Gasteiger partial charge in [-0.2, -0.15) is 0 Å². The lowest BCUT2D eigenvalue weighted by Gasteiger charge is -2.19. The van der Waals surface area contributed by atoms with Crippen LogP contribution in [-0.4, -0.2) is 12.2 Å². The van der Waals surface area contributed by atoms with E-state index in [9.17, 15) is 0 Å². The standard InChI is InChI=1S/C23H37O2P5/c1-4-6-8-14-17-21(3)23(24-29-26)20-16-12-10-9-11-15-19-22(25-30(27)28)18-13-7-5-2/h8,10,12,14-16,19-23,29H,4-6,17-18,26-28H2,1-3H3/b12-10+,14-8-,19-15+,20-16+. The number of hydrogen-bond donors (Lipinski definition) is 0. The van der Waals surface area contributed by atoms with Crippen molar-refractivity contribution in [2.24, 2.45) is 5.92 Å². The first-order valence-electron chi connectivity index (χ1n) is 10.2. The van der Waals surface area contributed by atoms with Crippen molar-refractivity contribution in [1.82, 2.24) is 0 Å². The fourth-order valence-corrected chi connectivity index (χ4v) is 4.61. The minimum absolute atomic E-state index is 0.0261. The predicted molar refractivity (Wildman–Crippen MR) is 150 cm³/mol. The van der Waals surface area contributed by atoms with E-state index in [4.69, 9.17) is 9.05 Å². The van der Waals surface area contributed by atoms with Gasteiger partial charge < -0.3 is 9.05 Å². The molecule has 0 N–H and O–H groups in total. The Bertz CT molecular complexity index is 663. The number of unbranched alkanes of at least 4 members (excludes halogenated alkanes) is 1. The SMILES string of the molecule is CCC#CCC(/C=C/C#C/C=C/C=C/C(OPP)C(C)C/C=C\CCC)OP(P)P. The van der Waals surface area contributed by atoms with Crippen LogP contribution >= 0.6 is 42.8 Å². The first kappa shape index (κ1) is 30.1. The quantitative estimate of drug-likeness (QED) is 0.111. The van der Waals surface area contributed by atoms with Gasteiger partial charge >= 0.3 is 0 Å². The summed E-state index contributed by atoms with van der Waals surface area (Å²) in [5.74, 6) is 12.7. The average molecular weight is 500 g/mol. The van der Waals surface area contributed by atoms with Crippen molar-refractivity contribution in [3.05, 3.63) is 48.6 Å². The van der Waals surface area contributed by atoms with Gasteiger partial charge in [0.2, 0.25) is 0 Å². The number of rotatable bonds is 13. The molecule has 0 amide bonds. The third kappa shape index (κ3) is 18.9. The van der Waals surface area contributed by atoms with Gasteiger partial charge in [0, 0.05) is 21.3 Å². The second-order valence-electron chi connectivity index (χ2n) is 6.48. The molecule has 0 radical (unpaired) electrons. The Morgan fingerprint density at radius 1 is 1.03 bits per heavy atom. The fraction of sp³-hybridized carbons (Fsp3) is 0.478. The zero-order valence-corrected chi connectivity index (χ0v) is 23.7. The molecular weight excluding hydrogens is 463 g/mol. The summed E-state index contributed by atoms with van der Waals surface area (Å²) >= 11 is 0. The first-order valence-corrected chi connectivity index (χ1v) is 17.5. The zero-order valence-electron chi connectivity index (χ0n) is 18.4. The van der Waals surface area contributed by atoms with Crippen LogP contribution < -0.4 is 0 Å². The molecule has 0 aliphatic carbocycles. The van der Waals surface area contributed by atoms with Crippen molar-refractivity contribution >= 4 is 42.8 Å². The Balaban J connectivity index is 4.65. The molecule has 0 heterocycles. The van der Waals surface area contributed by atoms with Crippen LogP contribution in [0.1, 0.15) is 52.9 Å². The second-order valence-corrected chi connectivity index (χ2v) is 13.4. The monoisotopic (exact) mass is 500 g/mol. The van der Waals surface area contributed by atoms with Crippen LogP contribution in [0.3, 0.4) is 0 Å². The molecule has 7 unspecified atom stereocenters. The Labute approximate surface area is 194 Å². The van der Waals surface area contributed by atoms with E-state index < -0.39 is 7.53 Å². The minimum Gasteiger partial charge on any atom is -0.351 e. The van der Waals surface area contributed by atoms with Crippen LogP contribution in [0, 0.1) is 29.6 Å². The van der Waals surface area contributed by atoms with Gasteiger partial charge in [-0.05, 0) is 37.0 Å². The fourth-order valence-electron chi connectivity index (χ4n) is 2.28. The van der Waals surface area contributed by atoms with Crippen molar-refractivity contribution in [2.45, 2.75) is 65.1 Å². The summed E-state index contributed by atoms with van der Waals surface area (Å²) < 4.78 is 11.7. The summed E-state index contributed by atoms with van der Waals surface area (Å²) in [4.78, 5) is 0. The highest BCUT2D eigenvalue weighted by atomic mass is 32.4. The number of allylic oxidation sites excluding steroid dienone is 6. The summed E-state index contributed by atoms with van der Waals surface area (Å²) in [6, 6.07) is 0. The summed E-state index contributed by atoms with van der Waals surface area (Å²) in [6.07, 6.45) is 21.3. The molecule has 0 rings (SSSR count). The molecule has 2 nitrogen and oxygen atoms in total. The van der Waals surface area contributed by atoms with Gasteiger partial charge in [0.15, 0.2) is 0 Å². The van der Waals surface area contributed by atoms with Gasteiger partial charge in [0.05, 0.1) is 19.7 Å². The largest absolute Gasteiger partial charge is 0.351 e. The molecule has 0 aromatic heterocycles. The van der Waals surface area contributed by atoms with Crippen molar-refractivity contribution in [2.75, 3.05) is 0 Å². The summed E-state index contributed by atoms with van der Waals surface area (Å²) in [5, 5.41) is 0. The third-order valence-corrected chi connectivity index (χ3v) is 5.89. The lowest BCUT2D eigenvalue weighted by Crippen LogP contribution is -2.15. The maximum Gasteiger partial charge on any atom is 0.0925 e. The van der Waals surface area contributed by atoms with Gasteiger partial charge in [-0.3, -0.25) is 0 Å². The first-order chi connectivity index (χ1) is 14.5. The molecule has 0 spiro atoms. The lowest BCUT2D eigenvalue weighted by atomic mass is 10.00. The molecule has 0 saturated heterocycles. The molecule has 166 valence electrons. The maximum atomic E-state index is 5.87. The van der Waals surface area contributed by atoms with Gasteiger partial charge in [-0.25, -0.2) is 0 Å². The van der Waals surface area contributed by atoms with Gasteiger partial charge in [-0.1, -0.05) is 96.2 Å². The van der Waals surface area contributed by atoms with Crippen LogP contribution in [-0.2, 0) is 9.05 Å². The van der Waals surface area contributed by atoms with E-state index in [-0.39, 0.29) is 12.2 Å². The molecule has 0 fully saturated rings. The van der Waals surface area contributed by atoms with E-state index in [2.05, 4.69) is 82.5 Å². The van der Waals surface area contributed by atoms with Crippen LogP contribution in [0.5, 0.6) is 0 Å². The molecule has 0 bridgehead atoms. The van der Waals surface area contributed by atoms with Crippen molar-refractivity contribution in [1.29, 1.82) is 0 Å². The number of hydrogen-bond acceptors (Lipinski definition) is 2. The molecule has 0 saturated carbocycles. The molecule has 30 heavy (non-hydrogen) atoms. The van der Waals surface area contributed by atoms with Gasteiger partial charge in [0.1, 0.15) is 0 Å². The molecule has 0 aliphatic rings. The Morgan fingerprint density at radius 3 is 2.47 bits per heavy atom. The highest BCUT2D eigenvalue weighted by Gasteiger charge is 2.12. The average Bonchev–Trinajstić information content (AvgIpc) is 2.71. The lowest BCUT2D eigenvalue weighted by molar-refractivity contribution is 0.220. The summed E-state index contributed by atoms with van der Waals surface area (Å²) in [6.45, 7) is 6.47. The van der Waals surface area contributed by atoms with Crippen LogP contribution in [0.25, 0.3) is 0 Å². The summed E-state index contributed by atoms with van der Waals surface area (Å²) in [5.41, 5.74) is 0. The smallest absolute Gasteiger partial charge is 0.0925 e. The molecule has 0 aliphatic heterocycles. The van der Waals surface area contributed by atoms with E-state index in [0.717, 1.165) is 19.3 Å². The zero-order chi connectivity index (χ0) is 22.5. The van der Waals surface area contributed by atoms with E-state index in [0.29, 0.717) is 20.8 Å². The Kier molecular flexibility index (Phi) is 22.5. The van der Waals surface area contributed by atoms with E-state index >= 15 is 0 Å². The molecular formula is C23H37O2P5. The van der Waals surface area contributed by atoms with Gasteiger partial charge in [0.25, 0.3) is 0 Å². The van der Waals surface area contributed by atoms with Gasteiger partial charge in [-0.15, -0.1) is 11.8 Å². The van der Waals surface area contributed by atoms with Crippen LogP contribution in [0.4, 0.5) is 0 Å². The van der Waals surface area contributed by atoms with E-state index in [1.807, 2.05) is 37.3 Å². The van der Waals surface area contributed by atoms with E-state index in [1.54, 1.807) is 0 Å². The van der Waals surface area contributed by atoms with E-state index in [1.165, 1.54) is 6.42 Å². The Hall–Kier alpha value is 0.150. The van der Waals surface area contributed by atoms with Crippen molar-refractivity contribution in [3.8, 4) is 23.7 Å². The third-order valence-electron chi connectivity index (χ3n) is 3.83. The normalized spacial score (nSPS) is 15.3. The van der Waals surface area contributed by atoms with Crippen LogP contribution in [0.15, 0.2) is 48.6 Å².